The van der Waals surface area contributed by atoms with Gasteiger partial charge in [-0.1, -0.05) is 5.16 Å². The Hall–Kier alpha value is -2.74. The number of hydrogen-bond donors (Lipinski definition) is 1. The lowest BCUT2D eigenvalue weighted by molar-refractivity contribution is 0.0953. The summed E-state index contributed by atoms with van der Waals surface area (Å²) >= 11 is 1.59. The Morgan fingerprint density at radius 2 is 2.04 bits per heavy atom. The van der Waals surface area contributed by atoms with Crippen LogP contribution < -0.4 is 10.1 Å². The molecule has 0 aliphatic heterocycles. The molecule has 0 atom stereocenters. The molecule has 1 N–H and O–H groups in total. The molecular formula is C17H18N4O3S. The fourth-order valence-corrected chi connectivity index (χ4v) is 2.76. The molecule has 2 heterocycles. The van der Waals surface area contributed by atoms with Gasteiger partial charge in [-0.25, -0.2) is 4.98 Å². The van der Waals surface area contributed by atoms with Crippen molar-refractivity contribution in [1.82, 2.24) is 20.4 Å². The molecule has 8 heteroatoms. The van der Waals surface area contributed by atoms with Crippen LogP contribution >= 0.6 is 11.3 Å². The summed E-state index contributed by atoms with van der Waals surface area (Å²) in [6, 6.07) is 7.01. The highest BCUT2D eigenvalue weighted by Crippen LogP contribution is 2.15. The van der Waals surface area contributed by atoms with Crippen molar-refractivity contribution < 1.29 is 14.1 Å². The van der Waals surface area contributed by atoms with Crippen molar-refractivity contribution >= 4 is 17.2 Å². The first kappa shape index (κ1) is 17.1. The molecule has 0 bridgehead atoms. The maximum Gasteiger partial charge on any atom is 0.251 e. The van der Waals surface area contributed by atoms with E-state index in [-0.39, 0.29) is 5.91 Å². The van der Waals surface area contributed by atoms with E-state index in [2.05, 4.69) is 20.4 Å². The third-order valence-corrected chi connectivity index (χ3v) is 4.19. The number of amides is 1. The van der Waals surface area contributed by atoms with Gasteiger partial charge in [0.25, 0.3) is 5.91 Å². The fraction of sp³-hybridized carbons (Fsp3) is 0.294. The summed E-state index contributed by atoms with van der Waals surface area (Å²) in [5.41, 5.74) is 1.47. The summed E-state index contributed by atoms with van der Waals surface area (Å²) < 4.78 is 10.7. The molecular weight excluding hydrogens is 340 g/mol. The standard InChI is InChI=1S/C17H18N4O3S/c1-11-19-16(24-21-11)7-8-18-17(22)13-3-5-15(6-4-13)23-9-14-10-25-12(2)20-14/h3-6,10H,7-9H2,1-2H3,(H,18,22). The Morgan fingerprint density at radius 1 is 1.24 bits per heavy atom. The first-order valence-electron chi connectivity index (χ1n) is 7.81. The van der Waals surface area contributed by atoms with Gasteiger partial charge < -0.3 is 14.6 Å². The zero-order chi connectivity index (χ0) is 17.6. The van der Waals surface area contributed by atoms with Gasteiger partial charge in [-0.05, 0) is 38.1 Å². The van der Waals surface area contributed by atoms with Crippen molar-refractivity contribution in [3.8, 4) is 5.75 Å². The molecule has 0 unspecified atom stereocenters. The number of thiazole rings is 1. The largest absolute Gasteiger partial charge is 0.487 e. The molecule has 0 radical (unpaired) electrons. The van der Waals surface area contributed by atoms with Gasteiger partial charge in [-0.2, -0.15) is 4.98 Å². The monoisotopic (exact) mass is 358 g/mol. The predicted molar refractivity (Wildman–Crippen MR) is 92.7 cm³/mol. The average Bonchev–Trinajstić information content (AvgIpc) is 3.21. The summed E-state index contributed by atoms with van der Waals surface area (Å²) in [5, 5.41) is 9.52. The second-order valence-corrected chi connectivity index (χ2v) is 6.47. The minimum Gasteiger partial charge on any atom is -0.487 e. The maximum atomic E-state index is 12.1. The number of rotatable bonds is 7. The van der Waals surface area contributed by atoms with Gasteiger partial charge in [0, 0.05) is 23.9 Å². The highest BCUT2D eigenvalue weighted by molar-refractivity contribution is 7.09. The summed E-state index contributed by atoms with van der Waals surface area (Å²) in [6.45, 7) is 4.56. The van der Waals surface area contributed by atoms with Crippen LogP contribution in [0.15, 0.2) is 34.2 Å². The molecule has 1 aromatic carbocycles. The van der Waals surface area contributed by atoms with Crippen molar-refractivity contribution in [3.63, 3.8) is 0 Å². The van der Waals surface area contributed by atoms with Gasteiger partial charge >= 0.3 is 0 Å². The molecule has 0 saturated carbocycles. The highest BCUT2D eigenvalue weighted by atomic mass is 32.1. The van der Waals surface area contributed by atoms with Crippen molar-refractivity contribution in [1.29, 1.82) is 0 Å². The smallest absolute Gasteiger partial charge is 0.251 e. The molecule has 3 aromatic rings. The molecule has 130 valence electrons. The lowest BCUT2D eigenvalue weighted by atomic mass is 10.2. The third kappa shape index (κ3) is 4.87. The highest BCUT2D eigenvalue weighted by Gasteiger charge is 2.08. The van der Waals surface area contributed by atoms with Crippen LogP contribution in [0, 0.1) is 13.8 Å². The topological polar surface area (TPSA) is 90.1 Å². The number of benzene rings is 1. The number of nitrogens with zero attached hydrogens (tertiary/aromatic N) is 3. The van der Waals surface area contributed by atoms with Crippen molar-refractivity contribution in [3.05, 3.63) is 57.6 Å². The van der Waals surface area contributed by atoms with Crippen LogP contribution in [0.3, 0.4) is 0 Å². The van der Waals surface area contributed by atoms with E-state index >= 15 is 0 Å². The number of nitrogens with one attached hydrogen (secondary N) is 1. The van der Waals surface area contributed by atoms with Crippen LogP contribution in [0.1, 0.15) is 32.8 Å². The predicted octanol–water partition coefficient (Wildman–Crippen LogP) is 2.69. The van der Waals surface area contributed by atoms with Crippen molar-refractivity contribution in [2.75, 3.05) is 6.54 Å². The minimum atomic E-state index is -0.155. The second-order valence-electron chi connectivity index (χ2n) is 5.41. The van der Waals surface area contributed by atoms with Gasteiger partial charge in [0.05, 0.1) is 10.7 Å². The van der Waals surface area contributed by atoms with E-state index in [1.807, 2.05) is 12.3 Å². The number of hydrogen-bond acceptors (Lipinski definition) is 7. The molecule has 25 heavy (non-hydrogen) atoms. The minimum absolute atomic E-state index is 0.155. The first-order valence-corrected chi connectivity index (χ1v) is 8.69. The summed E-state index contributed by atoms with van der Waals surface area (Å²) in [6.07, 6.45) is 0.501. The van der Waals surface area contributed by atoms with Crippen LogP contribution in [0.25, 0.3) is 0 Å². The van der Waals surface area contributed by atoms with E-state index in [4.69, 9.17) is 9.26 Å². The van der Waals surface area contributed by atoms with Crippen LogP contribution in [0.4, 0.5) is 0 Å². The molecule has 7 nitrogen and oxygen atoms in total. The Kier molecular flexibility index (Phi) is 5.39. The zero-order valence-electron chi connectivity index (χ0n) is 14.0. The van der Waals surface area contributed by atoms with E-state index in [9.17, 15) is 4.79 Å². The second kappa shape index (κ2) is 7.89. The van der Waals surface area contributed by atoms with Gasteiger partial charge in [0.1, 0.15) is 12.4 Å². The maximum absolute atomic E-state index is 12.1. The van der Waals surface area contributed by atoms with Crippen molar-refractivity contribution in [2.45, 2.75) is 26.9 Å². The quantitative estimate of drug-likeness (QED) is 0.698. The Bertz CT molecular complexity index is 842. The molecule has 1 amide bonds. The first-order chi connectivity index (χ1) is 12.1. The van der Waals surface area contributed by atoms with E-state index < -0.39 is 0 Å². The lowest BCUT2D eigenvalue weighted by Crippen LogP contribution is -2.25. The molecule has 3 rings (SSSR count). The van der Waals surface area contributed by atoms with Crippen LogP contribution in [-0.4, -0.2) is 27.6 Å². The fourth-order valence-electron chi connectivity index (χ4n) is 2.16. The lowest BCUT2D eigenvalue weighted by Gasteiger charge is -2.06. The molecule has 0 spiro atoms. The number of carbonyl (C=O) groups excluding carboxylic acids is 1. The summed E-state index contributed by atoms with van der Waals surface area (Å²) in [4.78, 5) is 20.5. The van der Waals surface area contributed by atoms with Crippen LogP contribution in [-0.2, 0) is 13.0 Å². The number of aryl methyl sites for hydroxylation is 2. The summed E-state index contributed by atoms with van der Waals surface area (Å²) in [5.74, 6) is 1.64. The van der Waals surface area contributed by atoms with E-state index in [0.29, 0.717) is 42.6 Å². The zero-order valence-corrected chi connectivity index (χ0v) is 14.8. The molecule has 0 aliphatic carbocycles. The van der Waals surface area contributed by atoms with E-state index in [0.717, 1.165) is 10.7 Å². The third-order valence-electron chi connectivity index (χ3n) is 3.36. The molecule has 0 fully saturated rings. The van der Waals surface area contributed by atoms with Gasteiger partial charge in [-0.15, -0.1) is 11.3 Å². The Morgan fingerprint density at radius 3 is 2.68 bits per heavy atom. The summed E-state index contributed by atoms with van der Waals surface area (Å²) in [7, 11) is 0. The SMILES string of the molecule is Cc1noc(CCNC(=O)c2ccc(OCc3csc(C)n3)cc2)n1. The number of aromatic nitrogens is 3. The normalized spacial score (nSPS) is 10.6. The number of ether oxygens (including phenoxy) is 1. The Labute approximate surface area is 149 Å². The van der Waals surface area contributed by atoms with Gasteiger partial charge in [0.2, 0.25) is 5.89 Å². The van der Waals surface area contributed by atoms with Gasteiger partial charge in [0.15, 0.2) is 5.82 Å². The molecule has 0 saturated heterocycles. The van der Waals surface area contributed by atoms with Crippen LogP contribution in [0.2, 0.25) is 0 Å². The Balaban J connectivity index is 1.46. The molecule has 0 aliphatic rings. The number of carbonyl (C=O) groups is 1. The van der Waals surface area contributed by atoms with Crippen molar-refractivity contribution in [2.24, 2.45) is 0 Å². The van der Waals surface area contributed by atoms with Gasteiger partial charge in [-0.3, -0.25) is 4.79 Å². The molecule has 2 aromatic heterocycles. The van der Waals surface area contributed by atoms with E-state index in [1.54, 1.807) is 42.5 Å². The van der Waals surface area contributed by atoms with E-state index in [1.165, 1.54) is 0 Å². The van der Waals surface area contributed by atoms with Crippen LogP contribution in [0.5, 0.6) is 5.75 Å². The average molecular weight is 358 g/mol.